The normalized spacial score (nSPS) is 11.9. The molecule has 1 aromatic rings. The van der Waals surface area contributed by atoms with Crippen LogP contribution in [-0.2, 0) is 16.1 Å². The number of carbonyl (C=O) groups is 1. The number of amides is 1. The summed E-state index contributed by atoms with van der Waals surface area (Å²) >= 11 is 0. The second-order valence-electron chi connectivity index (χ2n) is 4.27. The van der Waals surface area contributed by atoms with Crippen LogP contribution in [0.2, 0.25) is 0 Å². The zero-order valence-corrected chi connectivity index (χ0v) is 11.5. The van der Waals surface area contributed by atoms with Crippen molar-refractivity contribution < 1.29 is 14.3 Å². The molecule has 0 spiro atoms. The van der Waals surface area contributed by atoms with E-state index in [-0.39, 0.29) is 12.5 Å². The van der Waals surface area contributed by atoms with E-state index in [9.17, 15) is 4.79 Å². The van der Waals surface area contributed by atoms with E-state index in [0.29, 0.717) is 13.2 Å². The highest BCUT2D eigenvalue weighted by molar-refractivity contribution is 5.81. The Labute approximate surface area is 114 Å². The SMILES string of the molecule is CCCOc1ccc(CNC(=O)C(N)COC)cc1. The largest absolute Gasteiger partial charge is 0.494 e. The third-order valence-electron chi connectivity index (χ3n) is 2.55. The number of rotatable bonds is 8. The molecule has 3 N–H and O–H groups in total. The summed E-state index contributed by atoms with van der Waals surface area (Å²) in [5.41, 5.74) is 6.62. The molecular weight excluding hydrogens is 244 g/mol. The maximum Gasteiger partial charge on any atom is 0.239 e. The number of methoxy groups -OCH3 is 1. The van der Waals surface area contributed by atoms with Gasteiger partial charge in [0.15, 0.2) is 0 Å². The molecule has 5 nitrogen and oxygen atoms in total. The molecule has 1 aromatic carbocycles. The average molecular weight is 266 g/mol. The van der Waals surface area contributed by atoms with Crippen LogP contribution in [0.3, 0.4) is 0 Å². The molecule has 0 saturated heterocycles. The van der Waals surface area contributed by atoms with Crippen LogP contribution in [0.25, 0.3) is 0 Å². The summed E-state index contributed by atoms with van der Waals surface area (Å²) in [5, 5.41) is 2.76. The van der Waals surface area contributed by atoms with E-state index in [0.717, 1.165) is 17.7 Å². The summed E-state index contributed by atoms with van der Waals surface area (Å²) in [5.74, 6) is 0.626. The minimum Gasteiger partial charge on any atom is -0.494 e. The number of hydrogen-bond donors (Lipinski definition) is 2. The smallest absolute Gasteiger partial charge is 0.239 e. The van der Waals surface area contributed by atoms with Crippen LogP contribution in [0.1, 0.15) is 18.9 Å². The molecule has 0 aromatic heterocycles. The molecule has 5 heteroatoms. The Morgan fingerprint density at radius 2 is 2.05 bits per heavy atom. The van der Waals surface area contributed by atoms with Crippen molar-refractivity contribution in [1.29, 1.82) is 0 Å². The van der Waals surface area contributed by atoms with Crippen LogP contribution in [0.4, 0.5) is 0 Å². The Morgan fingerprint density at radius 1 is 1.37 bits per heavy atom. The minimum atomic E-state index is -0.628. The molecule has 0 bridgehead atoms. The van der Waals surface area contributed by atoms with Gasteiger partial charge in [-0.2, -0.15) is 0 Å². The molecule has 19 heavy (non-hydrogen) atoms. The van der Waals surface area contributed by atoms with Crippen LogP contribution >= 0.6 is 0 Å². The summed E-state index contributed by atoms with van der Waals surface area (Å²) in [6.07, 6.45) is 0.981. The number of benzene rings is 1. The first-order valence-electron chi connectivity index (χ1n) is 6.41. The molecule has 0 radical (unpaired) electrons. The maximum atomic E-state index is 11.6. The predicted molar refractivity (Wildman–Crippen MR) is 73.9 cm³/mol. The Hall–Kier alpha value is -1.59. The van der Waals surface area contributed by atoms with E-state index >= 15 is 0 Å². The van der Waals surface area contributed by atoms with Crippen molar-refractivity contribution in [2.45, 2.75) is 25.9 Å². The first-order chi connectivity index (χ1) is 9.17. The average Bonchev–Trinajstić information content (AvgIpc) is 2.43. The highest BCUT2D eigenvalue weighted by Crippen LogP contribution is 2.12. The first kappa shape index (κ1) is 15.5. The molecule has 0 saturated carbocycles. The molecule has 106 valence electrons. The van der Waals surface area contributed by atoms with E-state index in [2.05, 4.69) is 12.2 Å². The fraction of sp³-hybridized carbons (Fsp3) is 0.500. The molecule has 0 heterocycles. The van der Waals surface area contributed by atoms with Crippen LogP contribution in [0.5, 0.6) is 5.75 Å². The predicted octanol–water partition coefficient (Wildman–Crippen LogP) is 1.07. The summed E-state index contributed by atoms with van der Waals surface area (Å²) in [7, 11) is 1.52. The molecule has 0 aliphatic carbocycles. The Kier molecular flexibility index (Phi) is 6.92. The van der Waals surface area contributed by atoms with Crippen molar-refractivity contribution in [2.75, 3.05) is 20.3 Å². The van der Waals surface area contributed by atoms with E-state index in [4.69, 9.17) is 15.2 Å². The fourth-order valence-electron chi connectivity index (χ4n) is 1.50. The van der Waals surface area contributed by atoms with E-state index in [1.807, 2.05) is 24.3 Å². The van der Waals surface area contributed by atoms with E-state index in [1.165, 1.54) is 7.11 Å². The van der Waals surface area contributed by atoms with Crippen molar-refractivity contribution in [3.63, 3.8) is 0 Å². The molecule has 1 amide bonds. The number of hydrogen-bond acceptors (Lipinski definition) is 4. The zero-order valence-electron chi connectivity index (χ0n) is 11.5. The van der Waals surface area contributed by atoms with Gasteiger partial charge in [-0.05, 0) is 24.1 Å². The maximum absolute atomic E-state index is 11.6. The van der Waals surface area contributed by atoms with Crippen molar-refractivity contribution >= 4 is 5.91 Å². The van der Waals surface area contributed by atoms with Crippen molar-refractivity contribution in [2.24, 2.45) is 5.73 Å². The van der Waals surface area contributed by atoms with Gasteiger partial charge in [0.25, 0.3) is 0 Å². The molecule has 1 unspecified atom stereocenters. The van der Waals surface area contributed by atoms with Crippen molar-refractivity contribution in [3.05, 3.63) is 29.8 Å². The lowest BCUT2D eigenvalue weighted by atomic mass is 10.2. The minimum absolute atomic E-state index is 0.215. The van der Waals surface area contributed by atoms with Gasteiger partial charge in [0, 0.05) is 13.7 Å². The van der Waals surface area contributed by atoms with Gasteiger partial charge in [-0.15, -0.1) is 0 Å². The monoisotopic (exact) mass is 266 g/mol. The molecule has 1 atom stereocenters. The van der Waals surface area contributed by atoms with Crippen LogP contribution in [0.15, 0.2) is 24.3 Å². The van der Waals surface area contributed by atoms with Gasteiger partial charge in [0.05, 0.1) is 13.2 Å². The Balaban J connectivity index is 2.39. The van der Waals surface area contributed by atoms with Gasteiger partial charge < -0.3 is 20.5 Å². The van der Waals surface area contributed by atoms with Crippen LogP contribution < -0.4 is 15.8 Å². The summed E-state index contributed by atoms with van der Waals surface area (Å²) in [6, 6.07) is 7.01. The summed E-state index contributed by atoms with van der Waals surface area (Å²) in [6.45, 7) is 3.44. The topological polar surface area (TPSA) is 73.6 Å². The molecule has 0 aliphatic heterocycles. The third kappa shape index (κ3) is 5.72. The zero-order chi connectivity index (χ0) is 14.1. The summed E-state index contributed by atoms with van der Waals surface area (Å²) in [4.78, 5) is 11.6. The fourth-order valence-corrected chi connectivity index (χ4v) is 1.50. The van der Waals surface area contributed by atoms with Gasteiger partial charge >= 0.3 is 0 Å². The second-order valence-corrected chi connectivity index (χ2v) is 4.27. The number of nitrogens with one attached hydrogen (secondary N) is 1. The van der Waals surface area contributed by atoms with Crippen molar-refractivity contribution in [1.82, 2.24) is 5.32 Å². The third-order valence-corrected chi connectivity index (χ3v) is 2.55. The molecule has 0 fully saturated rings. The Bertz CT molecular complexity index is 379. The van der Waals surface area contributed by atoms with Gasteiger partial charge in [-0.3, -0.25) is 4.79 Å². The van der Waals surface area contributed by atoms with Gasteiger partial charge in [0.1, 0.15) is 11.8 Å². The van der Waals surface area contributed by atoms with E-state index in [1.54, 1.807) is 0 Å². The highest BCUT2D eigenvalue weighted by Gasteiger charge is 2.11. The quantitative estimate of drug-likeness (QED) is 0.738. The van der Waals surface area contributed by atoms with Crippen LogP contribution in [-0.4, -0.2) is 32.3 Å². The number of ether oxygens (including phenoxy) is 2. The number of nitrogens with two attached hydrogens (primary N) is 1. The van der Waals surface area contributed by atoms with Gasteiger partial charge in [-0.25, -0.2) is 0 Å². The van der Waals surface area contributed by atoms with Gasteiger partial charge in [0.2, 0.25) is 5.91 Å². The standard InChI is InChI=1S/C14H22N2O3/c1-3-8-19-12-6-4-11(5-7-12)9-16-14(17)13(15)10-18-2/h4-7,13H,3,8-10,15H2,1-2H3,(H,16,17). The lowest BCUT2D eigenvalue weighted by molar-refractivity contribution is -0.123. The van der Waals surface area contributed by atoms with Crippen molar-refractivity contribution in [3.8, 4) is 5.75 Å². The first-order valence-corrected chi connectivity index (χ1v) is 6.41. The number of carbonyl (C=O) groups excluding carboxylic acids is 1. The van der Waals surface area contributed by atoms with E-state index < -0.39 is 6.04 Å². The van der Waals surface area contributed by atoms with Gasteiger partial charge in [-0.1, -0.05) is 19.1 Å². The lowest BCUT2D eigenvalue weighted by Gasteiger charge is -2.11. The Morgan fingerprint density at radius 3 is 2.63 bits per heavy atom. The molecule has 0 aliphatic rings. The highest BCUT2D eigenvalue weighted by atomic mass is 16.5. The van der Waals surface area contributed by atoms with Crippen LogP contribution in [0, 0.1) is 0 Å². The molecule has 1 rings (SSSR count). The molecular formula is C14H22N2O3. The lowest BCUT2D eigenvalue weighted by Crippen LogP contribution is -2.43. The summed E-state index contributed by atoms with van der Waals surface area (Å²) < 4.78 is 10.3. The second kappa shape index (κ2) is 8.50.